The Hall–Kier alpha value is -2.50. The number of carboxylic acid groups (broad SMARTS) is 1. The normalized spacial score (nSPS) is 10.5. The topological polar surface area (TPSA) is 89.3 Å². The van der Waals surface area contributed by atoms with Crippen molar-refractivity contribution >= 4 is 28.6 Å². The van der Waals surface area contributed by atoms with E-state index in [1.54, 1.807) is 17.0 Å². The third-order valence-corrected chi connectivity index (χ3v) is 2.55. The zero-order valence-corrected chi connectivity index (χ0v) is 9.58. The zero-order valence-electron chi connectivity index (χ0n) is 9.58. The number of fused-ring (bicyclic) bond motifs is 1. The van der Waals surface area contributed by atoms with Gasteiger partial charge in [-0.2, -0.15) is 0 Å². The standard InChI is InChI=1S/C12H10N2O4/c1-14-6-13-8-4-7(2-3-9(8)14)12(18)10(15)5-11(16)17/h2-4,6H,5H2,1H3,(H,16,17). The summed E-state index contributed by atoms with van der Waals surface area (Å²) in [6, 6.07) is 4.65. The van der Waals surface area contributed by atoms with Gasteiger partial charge in [0.2, 0.25) is 11.6 Å². The van der Waals surface area contributed by atoms with Gasteiger partial charge >= 0.3 is 5.97 Å². The Labute approximate surface area is 102 Å². The number of rotatable bonds is 4. The SMILES string of the molecule is Cn1cnc2cc(C(=O)C(=O)CC(=O)O)ccc21. The van der Waals surface area contributed by atoms with Gasteiger partial charge in [-0.3, -0.25) is 14.4 Å². The van der Waals surface area contributed by atoms with E-state index in [2.05, 4.69) is 4.98 Å². The van der Waals surface area contributed by atoms with Crippen LogP contribution in [0.2, 0.25) is 0 Å². The van der Waals surface area contributed by atoms with Crippen molar-refractivity contribution in [1.29, 1.82) is 0 Å². The Morgan fingerprint density at radius 2 is 2.06 bits per heavy atom. The van der Waals surface area contributed by atoms with Gasteiger partial charge in [0.05, 0.1) is 17.4 Å². The molecular weight excluding hydrogens is 236 g/mol. The average Bonchev–Trinajstić information content (AvgIpc) is 2.69. The molecule has 0 aliphatic heterocycles. The first-order valence-electron chi connectivity index (χ1n) is 5.19. The van der Waals surface area contributed by atoms with Crippen LogP contribution in [0.15, 0.2) is 24.5 Å². The van der Waals surface area contributed by atoms with E-state index in [1.165, 1.54) is 12.1 Å². The van der Waals surface area contributed by atoms with Gasteiger partial charge in [0.25, 0.3) is 0 Å². The highest BCUT2D eigenvalue weighted by Gasteiger charge is 2.19. The highest BCUT2D eigenvalue weighted by molar-refractivity contribution is 6.45. The van der Waals surface area contributed by atoms with Crippen molar-refractivity contribution in [3.63, 3.8) is 0 Å². The second kappa shape index (κ2) is 4.40. The molecule has 1 N–H and O–H groups in total. The smallest absolute Gasteiger partial charge is 0.311 e. The minimum Gasteiger partial charge on any atom is -0.481 e. The summed E-state index contributed by atoms with van der Waals surface area (Å²) in [6.07, 6.45) is 0.803. The number of hydrogen-bond donors (Lipinski definition) is 1. The summed E-state index contributed by atoms with van der Waals surface area (Å²) in [5.74, 6) is -3.05. The molecule has 0 aliphatic carbocycles. The number of nitrogens with zero attached hydrogens (tertiary/aromatic N) is 2. The lowest BCUT2D eigenvalue weighted by Gasteiger charge is -1.99. The first-order valence-corrected chi connectivity index (χ1v) is 5.19. The molecule has 6 nitrogen and oxygen atoms in total. The molecule has 92 valence electrons. The summed E-state index contributed by atoms with van der Waals surface area (Å²) in [4.78, 5) is 37.5. The second-order valence-electron chi connectivity index (χ2n) is 3.88. The average molecular weight is 246 g/mol. The number of Topliss-reactive ketones (excluding diaryl/α,β-unsaturated/α-hetero) is 2. The number of carboxylic acids is 1. The molecule has 0 amide bonds. The van der Waals surface area contributed by atoms with E-state index in [-0.39, 0.29) is 5.56 Å². The van der Waals surface area contributed by atoms with E-state index in [1.807, 2.05) is 7.05 Å². The van der Waals surface area contributed by atoms with E-state index in [9.17, 15) is 14.4 Å². The molecule has 0 saturated carbocycles. The number of carbonyl (C=O) groups excluding carboxylic acids is 2. The number of carbonyl (C=O) groups is 3. The lowest BCUT2D eigenvalue weighted by Crippen LogP contribution is -2.17. The van der Waals surface area contributed by atoms with E-state index < -0.39 is 24.0 Å². The quantitative estimate of drug-likeness (QED) is 0.489. The van der Waals surface area contributed by atoms with Crippen LogP contribution >= 0.6 is 0 Å². The lowest BCUT2D eigenvalue weighted by molar-refractivity contribution is -0.139. The third kappa shape index (κ3) is 2.13. The first kappa shape index (κ1) is 12.0. The number of aliphatic carboxylic acids is 1. The minimum absolute atomic E-state index is 0.160. The summed E-state index contributed by atoms with van der Waals surface area (Å²) in [5, 5.41) is 8.47. The molecule has 1 heterocycles. The molecule has 0 saturated heterocycles. The molecule has 1 aromatic carbocycles. The number of imidazole rings is 1. The van der Waals surface area contributed by atoms with Gasteiger partial charge in [-0.15, -0.1) is 0 Å². The van der Waals surface area contributed by atoms with Crippen molar-refractivity contribution in [2.75, 3.05) is 0 Å². The Morgan fingerprint density at radius 3 is 2.72 bits per heavy atom. The highest BCUT2D eigenvalue weighted by Crippen LogP contribution is 2.14. The van der Waals surface area contributed by atoms with Crippen LogP contribution in [-0.2, 0) is 16.6 Å². The van der Waals surface area contributed by atoms with Crippen molar-refractivity contribution in [3.8, 4) is 0 Å². The molecule has 6 heteroatoms. The molecule has 0 fully saturated rings. The van der Waals surface area contributed by atoms with E-state index >= 15 is 0 Å². The number of benzene rings is 1. The summed E-state index contributed by atoms with van der Waals surface area (Å²) in [7, 11) is 1.81. The maximum absolute atomic E-state index is 11.7. The molecule has 0 aliphatic rings. The molecule has 0 bridgehead atoms. The van der Waals surface area contributed by atoms with Crippen molar-refractivity contribution in [3.05, 3.63) is 30.1 Å². The number of hydrogen-bond acceptors (Lipinski definition) is 4. The predicted molar refractivity (Wildman–Crippen MR) is 62.3 cm³/mol. The fourth-order valence-electron chi connectivity index (χ4n) is 1.66. The predicted octanol–water partition coefficient (Wildman–Crippen LogP) is 0.800. The van der Waals surface area contributed by atoms with Gasteiger partial charge in [-0.1, -0.05) is 0 Å². The molecule has 0 atom stereocenters. The minimum atomic E-state index is -1.31. The molecule has 2 rings (SSSR count). The van der Waals surface area contributed by atoms with Gasteiger partial charge in [0.15, 0.2) is 0 Å². The monoisotopic (exact) mass is 246 g/mol. The molecule has 1 aromatic heterocycles. The first-order chi connectivity index (χ1) is 8.49. The van der Waals surface area contributed by atoms with Gasteiger partial charge in [-0.25, -0.2) is 4.98 Å². The van der Waals surface area contributed by atoms with E-state index in [0.717, 1.165) is 5.52 Å². The van der Waals surface area contributed by atoms with Gasteiger partial charge in [0, 0.05) is 12.6 Å². The van der Waals surface area contributed by atoms with Crippen molar-refractivity contribution in [2.24, 2.45) is 7.05 Å². The molecule has 0 spiro atoms. The molecular formula is C12H10N2O4. The molecule has 0 unspecified atom stereocenters. The third-order valence-electron chi connectivity index (χ3n) is 2.55. The lowest BCUT2D eigenvalue weighted by atomic mass is 10.0. The van der Waals surface area contributed by atoms with Gasteiger partial charge in [0.1, 0.15) is 6.42 Å². The van der Waals surface area contributed by atoms with Gasteiger partial charge < -0.3 is 9.67 Å². The van der Waals surface area contributed by atoms with Crippen LogP contribution in [0.1, 0.15) is 16.8 Å². The zero-order chi connectivity index (χ0) is 13.3. The fourth-order valence-corrected chi connectivity index (χ4v) is 1.66. The summed E-state index contributed by atoms with van der Waals surface area (Å²) < 4.78 is 1.78. The fraction of sp³-hybridized carbons (Fsp3) is 0.167. The van der Waals surface area contributed by atoms with Crippen LogP contribution in [0.3, 0.4) is 0 Å². The molecule has 18 heavy (non-hydrogen) atoms. The van der Waals surface area contributed by atoms with E-state index in [4.69, 9.17) is 5.11 Å². The van der Waals surface area contributed by atoms with Crippen LogP contribution in [0.5, 0.6) is 0 Å². The van der Waals surface area contributed by atoms with Crippen LogP contribution in [0.4, 0.5) is 0 Å². The van der Waals surface area contributed by atoms with Crippen LogP contribution in [-0.4, -0.2) is 32.2 Å². The van der Waals surface area contributed by atoms with E-state index in [0.29, 0.717) is 5.52 Å². The van der Waals surface area contributed by atoms with Crippen LogP contribution in [0.25, 0.3) is 11.0 Å². The maximum Gasteiger partial charge on any atom is 0.311 e. The molecule has 0 radical (unpaired) electrons. The highest BCUT2D eigenvalue weighted by atomic mass is 16.4. The van der Waals surface area contributed by atoms with Crippen molar-refractivity contribution in [2.45, 2.75) is 6.42 Å². The van der Waals surface area contributed by atoms with Gasteiger partial charge in [-0.05, 0) is 18.2 Å². The summed E-state index contributed by atoms with van der Waals surface area (Å²) >= 11 is 0. The Balaban J connectivity index is 2.33. The van der Waals surface area contributed by atoms with Crippen LogP contribution in [0, 0.1) is 0 Å². The molecule has 2 aromatic rings. The largest absolute Gasteiger partial charge is 0.481 e. The Kier molecular flexibility index (Phi) is 2.93. The van der Waals surface area contributed by atoms with Crippen molar-refractivity contribution in [1.82, 2.24) is 9.55 Å². The number of aryl methyl sites for hydroxylation is 1. The Bertz CT molecular complexity index is 657. The summed E-state index contributed by atoms with van der Waals surface area (Å²) in [6.45, 7) is 0. The number of ketones is 2. The summed E-state index contributed by atoms with van der Waals surface area (Å²) in [5.41, 5.74) is 1.58. The number of aromatic nitrogens is 2. The Morgan fingerprint density at radius 1 is 1.33 bits per heavy atom. The van der Waals surface area contributed by atoms with Crippen molar-refractivity contribution < 1.29 is 19.5 Å². The van der Waals surface area contributed by atoms with Crippen LogP contribution < -0.4 is 0 Å². The maximum atomic E-state index is 11.7. The second-order valence-corrected chi connectivity index (χ2v) is 3.88.